The molecule has 3 atom stereocenters. The molecule has 8 heteroatoms. The minimum Gasteiger partial charge on any atom is -0.481 e. The number of nitrogens with one attached hydrogen (secondary N) is 1. The number of ether oxygens (including phenoxy) is 2. The monoisotopic (exact) mass is 496 g/mol. The molecule has 2 heterocycles. The maximum Gasteiger partial charge on any atom is 0.303 e. The van der Waals surface area contributed by atoms with E-state index >= 15 is 0 Å². The van der Waals surface area contributed by atoms with E-state index in [0.717, 1.165) is 42.7 Å². The first kappa shape index (κ1) is 26.3. The van der Waals surface area contributed by atoms with Crippen LogP contribution in [0.2, 0.25) is 0 Å². The van der Waals surface area contributed by atoms with E-state index in [0.29, 0.717) is 12.1 Å². The molecule has 0 saturated carbocycles. The van der Waals surface area contributed by atoms with Gasteiger partial charge in [-0.2, -0.15) is 0 Å². The second-order valence-corrected chi connectivity index (χ2v) is 9.63. The zero-order valence-corrected chi connectivity index (χ0v) is 20.6. The molecule has 0 aromatic heterocycles. The zero-order chi connectivity index (χ0) is 25.3. The number of likely N-dealkylation sites (tertiary alicyclic amines) is 1. The van der Waals surface area contributed by atoms with Gasteiger partial charge in [0.2, 0.25) is 5.91 Å². The summed E-state index contributed by atoms with van der Waals surface area (Å²) in [5.41, 5.74) is 3.35. The molecule has 0 unspecified atom stereocenters. The average molecular weight is 497 g/mol. The van der Waals surface area contributed by atoms with Gasteiger partial charge in [-0.3, -0.25) is 9.59 Å². The van der Waals surface area contributed by atoms with Crippen LogP contribution in [0.25, 0.3) is 0 Å². The van der Waals surface area contributed by atoms with Crippen LogP contribution in [0.5, 0.6) is 0 Å². The number of aliphatic carboxylic acids is 1. The van der Waals surface area contributed by atoms with Crippen LogP contribution in [-0.2, 0) is 25.7 Å². The van der Waals surface area contributed by atoms with Gasteiger partial charge in [0.15, 0.2) is 6.29 Å². The molecule has 0 aliphatic carbocycles. The molecule has 1 amide bonds. The smallest absolute Gasteiger partial charge is 0.303 e. The Kier molecular flexibility index (Phi) is 9.47. The topological polar surface area (TPSA) is 108 Å². The van der Waals surface area contributed by atoms with E-state index < -0.39 is 12.3 Å². The molecule has 0 spiro atoms. The molecule has 2 fully saturated rings. The largest absolute Gasteiger partial charge is 0.481 e. The summed E-state index contributed by atoms with van der Waals surface area (Å²) in [5, 5.41) is 21.0. The first-order chi connectivity index (χ1) is 17.5. The molecule has 2 aliphatic rings. The lowest BCUT2D eigenvalue weighted by atomic mass is 9.99. The van der Waals surface area contributed by atoms with Crippen molar-refractivity contribution in [3.63, 3.8) is 0 Å². The number of aliphatic hydroxyl groups is 1. The third-order valence-corrected chi connectivity index (χ3v) is 6.76. The van der Waals surface area contributed by atoms with Gasteiger partial charge in [0.25, 0.3) is 0 Å². The van der Waals surface area contributed by atoms with E-state index in [1.807, 2.05) is 42.5 Å². The van der Waals surface area contributed by atoms with Crippen LogP contribution in [0, 0.1) is 0 Å². The molecule has 194 valence electrons. The Morgan fingerprint density at radius 3 is 2.47 bits per heavy atom. The van der Waals surface area contributed by atoms with Gasteiger partial charge in [0, 0.05) is 37.1 Å². The minimum absolute atomic E-state index is 0.00126. The fourth-order valence-electron chi connectivity index (χ4n) is 4.85. The number of carbonyl (C=O) groups excluding carboxylic acids is 1. The van der Waals surface area contributed by atoms with Crippen LogP contribution >= 0.6 is 0 Å². The maximum absolute atomic E-state index is 12.3. The second-order valence-electron chi connectivity index (χ2n) is 9.63. The van der Waals surface area contributed by atoms with Crippen LogP contribution in [0.3, 0.4) is 0 Å². The lowest BCUT2D eigenvalue weighted by Crippen LogP contribution is -2.41. The summed E-state index contributed by atoms with van der Waals surface area (Å²) in [6, 6.07) is 15.3. The molecule has 0 radical (unpaired) electrons. The van der Waals surface area contributed by atoms with Gasteiger partial charge < -0.3 is 29.9 Å². The summed E-state index contributed by atoms with van der Waals surface area (Å²) in [6.45, 7) is 3.03. The predicted octanol–water partition coefficient (Wildman–Crippen LogP) is 4.40. The Balaban J connectivity index is 1.47. The highest BCUT2D eigenvalue weighted by atomic mass is 16.7. The van der Waals surface area contributed by atoms with Crippen molar-refractivity contribution in [1.29, 1.82) is 0 Å². The number of amides is 1. The van der Waals surface area contributed by atoms with E-state index in [4.69, 9.17) is 14.6 Å². The summed E-state index contributed by atoms with van der Waals surface area (Å²) in [5.74, 6) is -1.13. The lowest BCUT2D eigenvalue weighted by Gasteiger charge is -2.39. The van der Waals surface area contributed by atoms with Gasteiger partial charge in [-0.05, 0) is 55.6 Å². The quantitative estimate of drug-likeness (QED) is 0.447. The highest BCUT2D eigenvalue weighted by Gasteiger charge is 2.33. The molecule has 36 heavy (non-hydrogen) atoms. The van der Waals surface area contributed by atoms with Gasteiger partial charge in [-0.25, -0.2) is 0 Å². The SMILES string of the molecule is O=C(O)CCCC(=O)Nc1cccc([C@H]2O[C@@H](CN3CCCCC3)C[C@@H](c3ccc(CO)cc3)O2)c1. The maximum atomic E-state index is 12.3. The predicted molar refractivity (Wildman–Crippen MR) is 135 cm³/mol. The van der Waals surface area contributed by atoms with E-state index in [-0.39, 0.29) is 37.6 Å². The Labute approximate surface area is 212 Å². The van der Waals surface area contributed by atoms with Crippen molar-refractivity contribution in [2.24, 2.45) is 0 Å². The molecule has 2 aromatic rings. The fraction of sp³-hybridized carbons (Fsp3) is 0.500. The second kappa shape index (κ2) is 13.0. The van der Waals surface area contributed by atoms with E-state index in [2.05, 4.69) is 10.2 Å². The first-order valence-corrected chi connectivity index (χ1v) is 12.8. The molecular weight excluding hydrogens is 460 g/mol. The summed E-state index contributed by atoms with van der Waals surface area (Å²) in [7, 11) is 0. The molecule has 3 N–H and O–H groups in total. The molecule has 2 aromatic carbocycles. The first-order valence-electron chi connectivity index (χ1n) is 12.8. The minimum atomic E-state index is -0.906. The van der Waals surface area contributed by atoms with Crippen LogP contribution in [0.15, 0.2) is 48.5 Å². The fourth-order valence-corrected chi connectivity index (χ4v) is 4.85. The van der Waals surface area contributed by atoms with Gasteiger partial charge >= 0.3 is 5.97 Å². The number of hydrogen-bond donors (Lipinski definition) is 3. The number of piperidine rings is 1. The number of carboxylic acids is 1. The molecule has 4 rings (SSSR count). The van der Waals surface area contributed by atoms with Gasteiger partial charge in [0.1, 0.15) is 0 Å². The summed E-state index contributed by atoms with van der Waals surface area (Å²) in [4.78, 5) is 25.4. The molecular formula is C28H36N2O6. The van der Waals surface area contributed by atoms with Crippen LogP contribution in [-0.4, -0.2) is 52.7 Å². The van der Waals surface area contributed by atoms with Crippen molar-refractivity contribution in [1.82, 2.24) is 4.90 Å². The van der Waals surface area contributed by atoms with Crippen LogP contribution < -0.4 is 5.32 Å². The number of nitrogens with zero attached hydrogens (tertiary/aromatic N) is 1. The number of anilines is 1. The molecule has 2 saturated heterocycles. The lowest BCUT2D eigenvalue weighted by molar-refractivity contribution is -0.253. The van der Waals surface area contributed by atoms with Crippen molar-refractivity contribution in [2.45, 2.75) is 70.1 Å². The van der Waals surface area contributed by atoms with Gasteiger partial charge in [-0.15, -0.1) is 0 Å². The number of aliphatic hydroxyl groups excluding tert-OH is 1. The summed E-state index contributed by atoms with van der Waals surface area (Å²) in [6.07, 6.45) is 4.13. The highest BCUT2D eigenvalue weighted by molar-refractivity contribution is 5.90. The van der Waals surface area contributed by atoms with Crippen molar-refractivity contribution in [2.75, 3.05) is 25.0 Å². The van der Waals surface area contributed by atoms with Crippen molar-refractivity contribution in [3.8, 4) is 0 Å². The van der Waals surface area contributed by atoms with E-state index in [1.54, 1.807) is 6.07 Å². The Hall–Kier alpha value is -2.78. The van der Waals surface area contributed by atoms with E-state index in [9.17, 15) is 14.7 Å². The van der Waals surface area contributed by atoms with Gasteiger partial charge in [0.05, 0.1) is 18.8 Å². The molecule has 8 nitrogen and oxygen atoms in total. The normalized spacial score (nSPS) is 22.8. The average Bonchev–Trinajstić information content (AvgIpc) is 2.89. The van der Waals surface area contributed by atoms with E-state index in [1.165, 1.54) is 19.3 Å². The molecule has 2 aliphatic heterocycles. The number of carbonyl (C=O) groups is 2. The summed E-state index contributed by atoms with van der Waals surface area (Å²) >= 11 is 0. The summed E-state index contributed by atoms with van der Waals surface area (Å²) < 4.78 is 12.9. The Morgan fingerprint density at radius 2 is 1.75 bits per heavy atom. The van der Waals surface area contributed by atoms with Crippen molar-refractivity contribution >= 4 is 17.6 Å². The number of rotatable bonds is 10. The van der Waals surface area contributed by atoms with Gasteiger partial charge in [-0.1, -0.05) is 42.8 Å². The Bertz CT molecular complexity index is 1010. The molecule has 0 bridgehead atoms. The Morgan fingerprint density at radius 1 is 0.972 bits per heavy atom. The number of hydrogen-bond acceptors (Lipinski definition) is 6. The highest BCUT2D eigenvalue weighted by Crippen LogP contribution is 2.38. The van der Waals surface area contributed by atoms with Crippen LogP contribution in [0.4, 0.5) is 5.69 Å². The van der Waals surface area contributed by atoms with Crippen molar-refractivity contribution in [3.05, 3.63) is 65.2 Å². The third-order valence-electron chi connectivity index (χ3n) is 6.76. The number of carboxylic acid groups (broad SMARTS) is 1. The standard InChI is InChI=1S/C28H36N2O6/c31-19-20-10-12-21(13-11-20)25-17-24(18-30-14-2-1-3-15-30)35-28(36-25)22-6-4-7-23(16-22)29-26(32)8-5-9-27(33)34/h4,6-7,10-13,16,24-25,28,31H,1-3,5,8-9,14-15,17-19H2,(H,29,32)(H,33,34)/t24-,25+,28+/m1/s1. The van der Waals surface area contributed by atoms with Crippen LogP contribution in [0.1, 0.15) is 74.0 Å². The van der Waals surface area contributed by atoms with Crippen molar-refractivity contribution < 1.29 is 29.3 Å². The number of benzene rings is 2. The zero-order valence-electron chi connectivity index (χ0n) is 20.6. The third kappa shape index (κ3) is 7.61.